The van der Waals surface area contributed by atoms with E-state index in [0.717, 1.165) is 49.7 Å². The van der Waals surface area contributed by atoms with Gasteiger partial charge in [0.1, 0.15) is 0 Å². The minimum atomic E-state index is -4.73. The van der Waals surface area contributed by atoms with Crippen LogP contribution in [-0.2, 0) is 22.5 Å². The third-order valence-corrected chi connectivity index (χ3v) is 7.36. The molecule has 2 atom stereocenters. The first-order valence-corrected chi connectivity index (χ1v) is 14.6. The van der Waals surface area contributed by atoms with Crippen LogP contribution in [0.5, 0.6) is 0 Å². The van der Waals surface area contributed by atoms with E-state index in [1.54, 1.807) is 26.0 Å². The smallest absolute Gasteiger partial charge is 0.302 e. The van der Waals surface area contributed by atoms with Gasteiger partial charge in [-0.15, -0.1) is 0 Å². The van der Waals surface area contributed by atoms with Crippen LogP contribution in [0.25, 0.3) is 0 Å². The molecule has 0 radical (unpaired) electrons. The van der Waals surface area contributed by atoms with Gasteiger partial charge in [-0.25, -0.2) is 9.13 Å². The molecule has 0 aliphatic heterocycles. The first kappa shape index (κ1) is 33.0. The third-order valence-electron chi connectivity index (χ3n) is 4.76. The van der Waals surface area contributed by atoms with Crippen LogP contribution >= 0.6 is 15.6 Å². The molecule has 34 heavy (non-hydrogen) atoms. The number of phosphoric ester groups is 2. The van der Waals surface area contributed by atoms with Crippen LogP contribution in [-0.4, -0.2) is 23.0 Å². The van der Waals surface area contributed by atoms with E-state index in [0.29, 0.717) is 0 Å². The van der Waals surface area contributed by atoms with E-state index in [4.69, 9.17) is 4.52 Å². The van der Waals surface area contributed by atoms with Crippen molar-refractivity contribution in [2.24, 2.45) is 0 Å². The lowest BCUT2D eigenvalue weighted by molar-refractivity contribution is 0.170. The highest BCUT2D eigenvalue weighted by molar-refractivity contribution is 7.61. The van der Waals surface area contributed by atoms with Crippen LogP contribution in [0.15, 0.2) is 58.2 Å². The largest absolute Gasteiger partial charge is 0.481 e. The molecule has 2 N–H and O–H groups in total. The van der Waals surface area contributed by atoms with Crippen LogP contribution in [0.1, 0.15) is 87.0 Å². The summed E-state index contributed by atoms with van der Waals surface area (Å²) in [5.74, 6) is 0. The number of hydrogen-bond acceptors (Lipinski definition) is 5. The fourth-order valence-corrected chi connectivity index (χ4v) is 4.68. The molecule has 0 aromatic heterocycles. The van der Waals surface area contributed by atoms with E-state index < -0.39 is 15.6 Å². The van der Waals surface area contributed by atoms with E-state index >= 15 is 0 Å². The van der Waals surface area contributed by atoms with Crippen molar-refractivity contribution in [3.63, 3.8) is 0 Å². The van der Waals surface area contributed by atoms with Crippen LogP contribution in [0.4, 0.5) is 0 Å². The Bertz CT molecular complexity index is 858. The standard InChI is InChI=1S/C25H44O7P2/c1-21(2)11-8-12-23(5)13-9-14-24(6)15-10-16-25(7)18-20-31-34(28,29)32-33(26,27)30-19-17-22(3)4/h11,13,15,17-18H,8-10,12,14,16,19-20H2,1-7H3,(H,26,27)(H,28,29). The molecule has 7 nitrogen and oxygen atoms in total. The van der Waals surface area contributed by atoms with Crippen molar-refractivity contribution in [2.75, 3.05) is 13.2 Å². The van der Waals surface area contributed by atoms with Crippen LogP contribution < -0.4 is 0 Å². The van der Waals surface area contributed by atoms with Crippen molar-refractivity contribution in [2.45, 2.75) is 87.0 Å². The number of hydrogen-bond donors (Lipinski definition) is 2. The molecule has 0 bridgehead atoms. The molecule has 0 saturated heterocycles. The van der Waals surface area contributed by atoms with E-state index in [1.807, 2.05) is 6.92 Å². The molecule has 9 heteroatoms. The summed E-state index contributed by atoms with van der Waals surface area (Å²) in [5.41, 5.74) is 5.96. The number of phosphoric acid groups is 2. The molecule has 0 amide bonds. The molecule has 0 saturated carbocycles. The van der Waals surface area contributed by atoms with E-state index in [9.17, 15) is 18.9 Å². The number of rotatable bonds is 17. The molecule has 0 aliphatic carbocycles. The Hall–Kier alpha value is -1.04. The monoisotopic (exact) mass is 518 g/mol. The maximum atomic E-state index is 11.9. The lowest BCUT2D eigenvalue weighted by Crippen LogP contribution is -1.98. The quantitative estimate of drug-likeness (QED) is 0.147. The lowest BCUT2D eigenvalue weighted by atomic mass is 10.0. The fraction of sp³-hybridized carbons (Fsp3) is 0.600. The average Bonchev–Trinajstić information content (AvgIpc) is 2.66. The zero-order valence-corrected chi connectivity index (χ0v) is 23.7. The highest BCUT2D eigenvalue weighted by Gasteiger charge is 2.34. The maximum Gasteiger partial charge on any atom is 0.481 e. The summed E-state index contributed by atoms with van der Waals surface area (Å²) in [6, 6.07) is 0. The van der Waals surface area contributed by atoms with Crippen molar-refractivity contribution in [3.8, 4) is 0 Å². The van der Waals surface area contributed by atoms with E-state index in [1.165, 1.54) is 16.7 Å². The fourth-order valence-electron chi connectivity index (χ4n) is 2.74. The van der Waals surface area contributed by atoms with Gasteiger partial charge in [0.25, 0.3) is 0 Å². The minimum Gasteiger partial charge on any atom is -0.302 e. The Labute approximate surface area is 206 Å². The molecule has 0 rings (SSSR count). The van der Waals surface area contributed by atoms with E-state index in [-0.39, 0.29) is 13.2 Å². The Morgan fingerprint density at radius 3 is 1.35 bits per heavy atom. The van der Waals surface area contributed by atoms with Crippen LogP contribution in [0.2, 0.25) is 0 Å². The number of allylic oxidation sites excluding steroid dienone is 8. The SMILES string of the molecule is CC(C)=CCCC(C)=CCCC(C)=CCCC(C)=CCOP(=O)(O)OP(=O)(O)OCC=C(C)C. The van der Waals surface area contributed by atoms with Gasteiger partial charge in [0, 0.05) is 0 Å². The highest BCUT2D eigenvalue weighted by atomic mass is 31.3. The van der Waals surface area contributed by atoms with Gasteiger partial charge in [-0.2, -0.15) is 4.31 Å². The lowest BCUT2D eigenvalue weighted by Gasteiger charge is -2.15. The van der Waals surface area contributed by atoms with Gasteiger partial charge in [-0.05, 0) is 87.0 Å². The minimum absolute atomic E-state index is 0.214. The second kappa shape index (κ2) is 17.4. The van der Waals surface area contributed by atoms with Gasteiger partial charge >= 0.3 is 15.6 Å². The predicted octanol–water partition coefficient (Wildman–Crippen LogP) is 8.35. The molecule has 0 aromatic carbocycles. The molecule has 196 valence electrons. The summed E-state index contributed by atoms with van der Waals surface area (Å²) in [5, 5.41) is 0. The Morgan fingerprint density at radius 2 is 0.941 bits per heavy atom. The van der Waals surface area contributed by atoms with Crippen molar-refractivity contribution in [1.82, 2.24) is 0 Å². The van der Waals surface area contributed by atoms with Crippen molar-refractivity contribution in [3.05, 3.63) is 58.2 Å². The summed E-state index contributed by atoms with van der Waals surface area (Å²) in [6.07, 6.45) is 15.9. The van der Waals surface area contributed by atoms with Crippen LogP contribution in [0.3, 0.4) is 0 Å². The zero-order valence-electron chi connectivity index (χ0n) is 21.9. The van der Waals surface area contributed by atoms with Gasteiger partial charge in [0.15, 0.2) is 0 Å². The Morgan fingerprint density at radius 1 is 0.588 bits per heavy atom. The Balaban J connectivity index is 4.35. The third kappa shape index (κ3) is 20.3. The van der Waals surface area contributed by atoms with Crippen LogP contribution in [0, 0.1) is 0 Å². The van der Waals surface area contributed by atoms with Gasteiger partial charge in [0.05, 0.1) is 13.2 Å². The second-order valence-corrected chi connectivity index (χ2v) is 12.0. The van der Waals surface area contributed by atoms with E-state index in [2.05, 4.69) is 54.8 Å². The molecule has 0 aromatic rings. The summed E-state index contributed by atoms with van der Waals surface area (Å²) in [6.45, 7) is 13.6. The van der Waals surface area contributed by atoms with Crippen molar-refractivity contribution >= 4 is 15.6 Å². The van der Waals surface area contributed by atoms with Gasteiger partial charge in [-0.3, -0.25) is 9.05 Å². The molecule has 0 spiro atoms. The average molecular weight is 519 g/mol. The molecule has 0 heterocycles. The molecular weight excluding hydrogens is 474 g/mol. The summed E-state index contributed by atoms with van der Waals surface area (Å²) >= 11 is 0. The van der Waals surface area contributed by atoms with Gasteiger partial charge in [-0.1, -0.05) is 58.2 Å². The predicted molar refractivity (Wildman–Crippen MR) is 140 cm³/mol. The normalized spacial score (nSPS) is 16.6. The summed E-state index contributed by atoms with van der Waals surface area (Å²) in [4.78, 5) is 19.2. The topological polar surface area (TPSA) is 102 Å². The maximum absolute atomic E-state index is 11.9. The Kier molecular flexibility index (Phi) is 16.9. The molecule has 0 aliphatic rings. The van der Waals surface area contributed by atoms with Crippen molar-refractivity contribution < 1.29 is 32.3 Å². The van der Waals surface area contributed by atoms with Crippen molar-refractivity contribution in [1.29, 1.82) is 0 Å². The molecule has 2 unspecified atom stereocenters. The first-order chi connectivity index (χ1) is 15.7. The molecular formula is C25H44O7P2. The van der Waals surface area contributed by atoms with Gasteiger partial charge < -0.3 is 9.79 Å². The second-order valence-electron chi connectivity index (χ2n) is 8.94. The first-order valence-electron chi connectivity index (χ1n) is 11.6. The molecule has 0 fully saturated rings. The summed E-state index contributed by atoms with van der Waals surface area (Å²) < 4.78 is 37.3. The summed E-state index contributed by atoms with van der Waals surface area (Å²) in [7, 11) is -9.44. The zero-order chi connectivity index (χ0) is 26.2. The highest BCUT2D eigenvalue weighted by Crippen LogP contribution is 2.60. The van der Waals surface area contributed by atoms with Gasteiger partial charge in [0.2, 0.25) is 0 Å².